The van der Waals surface area contributed by atoms with E-state index < -0.39 is 11.1 Å². The van der Waals surface area contributed by atoms with Crippen LogP contribution in [0, 0.1) is 5.41 Å². The molecule has 0 aliphatic carbocycles. The molecule has 1 rings (SSSR count). The summed E-state index contributed by atoms with van der Waals surface area (Å²) in [5.74, 6) is 0. The highest BCUT2D eigenvalue weighted by atomic mass is 32.1. The zero-order valence-electron chi connectivity index (χ0n) is 9.72. The van der Waals surface area contributed by atoms with Crippen molar-refractivity contribution in [2.45, 2.75) is 39.3 Å². The molecular weight excluding hydrogens is 209 g/mol. The maximum Gasteiger partial charge on any atom is 0.128 e. The molecule has 0 aliphatic rings. The van der Waals surface area contributed by atoms with Crippen molar-refractivity contribution in [3.63, 3.8) is 0 Å². The molecule has 0 aromatic carbocycles. The van der Waals surface area contributed by atoms with Gasteiger partial charge < -0.3 is 5.73 Å². The summed E-state index contributed by atoms with van der Waals surface area (Å²) in [6.45, 7) is 5.83. The Morgan fingerprint density at radius 3 is 2.47 bits per heavy atom. The first kappa shape index (κ1) is 12.7. The molecule has 1 nitrogen and oxygen atoms in total. The van der Waals surface area contributed by atoms with Crippen molar-refractivity contribution >= 4 is 11.3 Å². The third-order valence-corrected chi connectivity index (χ3v) is 3.79. The van der Waals surface area contributed by atoms with Crippen LogP contribution in [0.15, 0.2) is 16.8 Å². The largest absolute Gasteiger partial charge is 0.328 e. The van der Waals surface area contributed by atoms with Gasteiger partial charge in [0, 0.05) is 6.54 Å². The molecule has 0 saturated carbocycles. The van der Waals surface area contributed by atoms with Crippen LogP contribution in [0.1, 0.15) is 32.8 Å². The van der Waals surface area contributed by atoms with E-state index >= 15 is 0 Å². The summed E-state index contributed by atoms with van der Waals surface area (Å²) in [5.41, 5.74) is 5.11. The van der Waals surface area contributed by atoms with Gasteiger partial charge in [-0.05, 0) is 40.6 Å². The Hall–Kier alpha value is -0.410. The number of hydrogen-bond donors (Lipinski definition) is 1. The van der Waals surface area contributed by atoms with Crippen molar-refractivity contribution in [3.8, 4) is 0 Å². The third-order valence-electron chi connectivity index (χ3n) is 3.06. The standard InChI is InChI=1S/C12H20FNS/c1-11(2,3)12(13,9-14)6-4-10-5-7-15-8-10/h5,7-8H,4,6,9,14H2,1-3H3. The van der Waals surface area contributed by atoms with Gasteiger partial charge in [-0.1, -0.05) is 20.8 Å². The Morgan fingerprint density at radius 2 is 2.07 bits per heavy atom. The molecule has 2 N–H and O–H groups in total. The van der Waals surface area contributed by atoms with Gasteiger partial charge in [-0.15, -0.1) is 0 Å². The fourth-order valence-electron chi connectivity index (χ4n) is 1.56. The van der Waals surface area contributed by atoms with Crippen molar-refractivity contribution in [2.75, 3.05) is 6.54 Å². The third kappa shape index (κ3) is 3.02. The summed E-state index contributed by atoms with van der Waals surface area (Å²) in [5, 5.41) is 4.09. The molecule has 0 saturated heterocycles. The monoisotopic (exact) mass is 229 g/mol. The van der Waals surface area contributed by atoms with Crippen molar-refractivity contribution in [1.82, 2.24) is 0 Å². The minimum Gasteiger partial charge on any atom is -0.328 e. The van der Waals surface area contributed by atoms with Crippen molar-refractivity contribution in [1.29, 1.82) is 0 Å². The first-order valence-electron chi connectivity index (χ1n) is 5.29. The van der Waals surface area contributed by atoms with Gasteiger partial charge in [0.25, 0.3) is 0 Å². The molecule has 1 aromatic heterocycles. The van der Waals surface area contributed by atoms with Gasteiger partial charge in [0.2, 0.25) is 0 Å². The molecule has 0 bridgehead atoms. The number of aryl methyl sites for hydroxylation is 1. The van der Waals surface area contributed by atoms with Gasteiger partial charge in [0.05, 0.1) is 0 Å². The molecular formula is C12H20FNS. The van der Waals surface area contributed by atoms with Gasteiger partial charge in [-0.25, -0.2) is 4.39 Å². The predicted molar refractivity (Wildman–Crippen MR) is 65.0 cm³/mol. The minimum absolute atomic E-state index is 0.0979. The molecule has 1 heterocycles. The van der Waals surface area contributed by atoms with Gasteiger partial charge in [0.15, 0.2) is 0 Å². The summed E-state index contributed by atoms with van der Waals surface area (Å²) in [4.78, 5) is 0. The van der Waals surface area contributed by atoms with Crippen LogP contribution in [0.25, 0.3) is 0 Å². The van der Waals surface area contributed by atoms with Crippen LogP contribution in [0.5, 0.6) is 0 Å². The summed E-state index contributed by atoms with van der Waals surface area (Å²) in [6, 6.07) is 2.05. The first-order chi connectivity index (χ1) is 6.89. The fourth-order valence-corrected chi connectivity index (χ4v) is 2.26. The molecule has 3 heteroatoms. The van der Waals surface area contributed by atoms with E-state index in [0.717, 1.165) is 6.42 Å². The normalized spacial score (nSPS) is 16.3. The molecule has 0 radical (unpaired) electrons. The van der Waals surface area contributed by atoms with E-state index in [1.54, 1.807) is 11.3 Å². The number of rotatable bonds is 4. The summed E-state index contributed by atoms with van der Waals surface area (Å²) in [6.07, 6.45) is 1.28. The second kappa shape index (κ2) is 4.62. The highest BCUT2D eigenvalue weighted by molar-refractivity contribution is 7.07. The van der Waals surface area contributed by atoms with Gasteiger partial charge in [-0.3, -0.25) is 0 Å². The SMILES string of the molecule is CC(C)(C)C(F)(CN)CCc1ccsc1. The number of alkyl halides is 1. The van der Waals surface area contributed by atoms with Crippen LogP contribution in [-0.4, -0.2) is 12.2 Å². The summed E-state index contributed by atoms with van der Waals surface area (Å²) >= 11 is 1.65. The molecule has 0 amide bonds. The van der Waals surface area contributed by atoms with E-state index in [1.165, 1.54) is 5.56 Å². The van der Waals surface area contributed by atoms with E-state index in [0.29, 0.717) is 6.42 Å². The topological polar surface area (TPSA) is 26.0 Å². The van der Waals surface area contributed by atoms with E-state index in [2.05, 4.69) is 5.38 Å². The lowest BCUT2D eigenvalue weighted by Crippen LogP contribution is -2.45. The van der Waals surface area contributed by atoms with Gasteiger partial charge in [-0.2, -0.15) is 11.3 Å². The van der Waals surface area contributed by atoms with Crippen molar-refractivity contribution in [2.24, 2.45) is 11.1 Å². The zero-order chi connectivity index (χ0) is 11.5. The van der Waals surface area contributed by atoms with Gasteiger partial charge in [0.1, 0.15) is 5.67 Å². The maximum absolute atomic E-state index is 14.5. The molecule has 15 heavy (non-hydrogen) atoms. The lowest BCUT2D eigenvalue weighted by Gasteiger charge is -2.37. The number of halogens is 1. The molecule has 1 unspecified atom stereocenters. The van der Waals surface area contributed by atoms with Crippen molar-refractivity contribution in [3.05, 3.63) is 22.4 Å². The molecule has 0 aliphatic heterocycles. The van der Waals surface area contributed by atoms with Crippen LogP contribution in [0.4, 0.5) is 4.39 Å². The van der Waals surface area contributed by atoms with Crippen LogP contribution in [-0.2, 0) is 6.42 Å². The zero-order valence-corrected chi connectivity index (χ0v) is 10.5. The van der Waals surface area contributed by atoms with E-state index in [4.69, 9.17) is 5.73 Å². The van der Waals surface area contributed by atoms with Gasteiger partial charge >= 0.3 is 0 Å². The Balaban J connectivity index is 2.62. The lowest BCUT2D eigenvalue weighted by atomic mass is 9.75. The second-order valence-corrected chi connectivity index (χ2v) is 5.83. The fraction of sp³-hybridized carbons (Fsp3) is 0.667. The smallest absolute Gasteiger partial charge is 0.128 e. The van der Waals surface area contributed by atoms with E-state index in [-0.39, 0.29) is 6.54 Å². The summed E-state index contributed by atoms with van der Waals surface area (Å²) in [7, 11) is 0. The lowest BCUT2D eigenvalue weighted by molar-refractivity contribution is 0.0296. The molecule has 1 aromatic rings. The molecule has 1 atom stereocenters. The van der Waals surface area contributed by atoms with Crippen molar-refractivity contribution < 1.29 is 4.39 Å². The molecule has 0 fully saturated rings. The predicted octanol–water partition coefficient (Wildman–Crippen LogP) is 3.39. The number of nitrogens with two attached hydrogens (primary N) is 1. The molecule has 0 spiro atoms. The van der Waals surface area contributed by atoms with Crippen LogP contribution < -0.4 is 5.73 Å². The maximum atomic E-state index is 14.5. The van der Waals surface area contributed by atoms with Crippen LogP contribution in [0.3, 0.4) is 0 Å². The van der Waals surface area contributed by atoms with E-state index in [9.17, 15) is 4.39 Å². The van der Waals surface area contributed by atoms with Crippen LogP contribution in [0.2, 0.25) is 0 Å². The average molecular weight is 229 g/mol. The highest BCUT2D eigenvalue weighted by Crippen LogP contribution is 2.37. The highest BCUT2D eigenvalue weighted by Gasteiger charge is 2.40. The van der Waals surface area contributed by atoms with E-state index in [1.807, 2.05) is 32.2 Å². The Bertz CT molecular complexity index is 289. The average Bonchev–Trinajstić information content (AvgIpc) is 2.64. The number of hydrogen-bond acceptors (Lipinski definition) is 2. The first-order valence-corrected chi connectivity index (χ1v) is 6.23. The molecule has 86 valence electrons. The quantitative estimate of drug-likeness (QED) is 0.841. The Morgan fingerprint density at radius 1 is 1.40 bits per heavy atom. The van der Waals surface area contributed by atoms with Crippen LogP contribution >= 0.6 is 11.3 Å². The minimum atomic E-state index is -1.27. The second-order valence-electron chi connectivity index (χ2n) is 5.05. The Kier molecular flexibility index (Phi) is 3.90. The number of thiophene rings is 1. The Labute approximate surface area is 95.5 Å². The summed E-state index contributed by atoms with van der Waals surface area (Å²) < 4.78 is 14.5.